The number of hydrogen-bond donors (Lipinski definition) is 0. The van der Waals surface area contributed by atoms with Crippen LogP contribution in [0.1, 0.15) is 50.3 Å². The average Bonchev–Trinajstić information content (AvgIpc) is 3.42. The van der Waals surface area contributed by atoms with Crippen LogP contribution in [0.5, 0.6) is 0 Å². The first-order chi connectivity index (χ1) is 13.5. The summed E-state index contributed by atoms with van der Waals surface area (Å²) >= 11 is 1.28. The number of carbonyl (C=O) groups excluding carboxylic acids is 1. The Morgan fingerprint density at radius 3 is 2.39 bits per heavy atom. The predicted octanol–water partition coefficient (Wildman–Crippen LogP) is 1.40. The topological polar surface area (TPSA) is 90.1 Å². The molecule has 0 spiro atoms. The third kappa shape index (κ3) is 3.36. The van der Waals surface area contributed by atoms with E-state index in [1.54, 1.807) is 7.05 Å². The molecule has 0 radical (unpaired) electrons. The lowest BCUT2D eigenvalue weighted by Gasteiger charge is -2.16. The van der Waals surface area contributed by atoms with E-state index >= 15 is 0 Å². The average molecular weight is 404 g/mol. The Morgan fingerprint density at radius 1 is 1.04 bits per heavy atom. The summed E-state index contributed by atoms with van der Waals surface area (Å²) in [5, 5.41) is 0.834. The minimum absolute atomic E-state index is 0.0679. The molecular formula is C19H25N5O3S. The molecule has 0 N–H and O–H groups in total. The van der Waals surface area contributed by atoms with E-state index in [2.05, 4.69) is 4.98 Å². The Labute approximate surface area is 167 Å². The molecule has 2 aromatic rings. The van der Waals surface area contributed by atoms with Crippen LogP contribution in [0, 0.1) is 0 Å². The maximum atomic E-state index is 12.8. The van der Waals surface area contributed by atoms with E-state index in [9.17, 15) is 14.4 Å². The SMILES string of the molecule is Cn1c(=O)c2c(SCC(=O)N3CCCC3)nc(C3CCCC3)nc2n(C)c1=O. The van der Waals surface area contributed by atoms with Crippen molar-refractivity contribution in [1.29, 1.82) is 0 Å². The van der Waals surface area contributed by atoms with Gasteiger partial charge in [-0.15, -0.1) is 0 Å². The molecular weight excluding hydrogens is 378 g/mol. The lowest BCUT2D eigenvalue weighted by atomic mass is 10.1. The van der Waals surface area contributed by atoms with E-state index in [-0.39, 0.29) is 17.6 Å². The smallest absolute Gasteiger partial charge is 0.332 e. The quantitative estimate of drug-likeness (QED) is 0.566. The molecule has 150 valence electrons. The van der Waals surface area contributed by atoms with Gasteiger partial charge in [0.1, 0.15) is 16.2 Å². The number of fused-ring (bicyclic) bond motifs is 1. The van der Waals surface area contributed by atoms with Gasteiger partial charge in [0, 0.05) is 33.1 Å². The monoisotopic (exact) mass is 403 g/mol. The number of likely N-dealkylation sites (tertiary alicyclic amines) is 1. The maximum absolute atomic E-state index is 12.8. The largest absolute Gasteiger partial charge is 0.342 e. The standard InChI is InChI=1S/C19H25N5O3S/c1-22-16-14(18(26)23(2)19(22)27)17(21-15(20-16)12-7-3-4-8-12)28-11-13(25)24-9-5-6-10-24/h12H,3-11H2,1-2H3. The van der Waals surface area contributed by atoms with Crippen molar-refractivity contribution in [3.8, 4) is 0 Å². The van der Waals surface area contributed by atoms with Crippen LogP contribution in [0.25, 0.3) is 11.0 Å². The molecule has 4 rings (SSSR count). The normalized spacial score (nSPS) is 17.7. The summed E-state index contributed by atoms with van der Waals surface area (Å²) in [4.78, 5) is 48.9. The van der Waals surface area contributed by atoms with Crippen LogP contribution >= 0.6 is 11.8 Å². The lowest BCUT2D eigenvalue weighted by Crippen LogP contribution is -2.38. The van der Waals surface area contributed by atoms with E-state index in [4.69, 9.17) is 4.98 Å². The minimum Gasteiger partial charge on any atom is -0.342 e. The summed E-state index contributed by atoms with van der Waals surface area (Å²) in [5.74, 6) is 1.24. The molecule has 8 nitrogen and oxygen atoms in total. The summed E-state index contributed by atoms with van der Waals surface area (Å²) in [6.07, 6.45) is 6.39. The second kappa shape index (κ2) is 7.69. The third-order valence-corrected chi connectivity index (χ3v) is 6.76. The number of aryl methyl sites for hydroxylation is 1. The van der Waals surface area contributed by atoms with Crippen LogP contribution in [0.15, 0.2) is 14.6 Å². The highest BCUT2D eigenvalue weighted by Crippen LogP contribution is 2.34. The molecule has 2 aliphatic rings. The molecule has 1 aliphatic heterocycles. The molecule has 1 aliphatic carbocycles. The molecule has 2 aromatic heterocycles. The molecule has 0 unspecified atom stereocenters. The van der Waals surface area contributed by atoms with Crippen LogP contribution in [0.3, 0.4) is 0 Å². The molecule has 2 fully saturated rings. The Hall–Kier alpha value is -2.16. The van der Waals surface area contributed by atoms with Gasteiger partial charge < -0.3 is 4.90 Å². The summed E-state index contributed by atoms with van der Waals surface area (Å²) in [6.45, 7) is 1.60. The molecule has 0 aromatic carbocycles. The summed E-state index contributed by atoms with van der Waals surface area (Å²) in [6, 6.07) is 0. The Bertz CT molecular complexity index is 1030. The number of hydrogen-bond acceptors (Lipinski definition) is 6. The number of rotatable bonds is 4. The molecule has 0 bridgehead atoms. The number of nitrogens with zero attached hydrogens (tertiary/aromatic N) is 5. The lowest BCUT2D eigenvalue weighted by molar-refractivity contribution is -0.127. The van der Waals surface area contributed by atoms with Crippen molar-refractivity contribution >= 4 is 28.7 Å². The van der Waals surface area contributed by atoms with Crippen LogP contribution in [-0.2, 0) is 18.9 Å². The van der Waals surface area contributed by atoms with E-state index < -0.39 is 11.2 Å². The van der Waals surface area contributed by atoms with Gasteiger partial charge in [0.05, 0.1) is 5.75 Å². The summed E-state index contributed by atoms with van der Waals surface area (Å²) in [5.41, 5.74) is -0.453. The van der Waals surface area contributed by atoms with Crippen LogP contribution in [-0.4, -0.2) is 48.8 Å². The summed E-state index contributed by atoms with van der Waals surface area (Å²) < 4.78 is 2.48. The van der Waals surface area contributed by atoms with Gasteiger partial charge in [-0.3, -0.25) is 18.7 Å². The first-order valence-corrected chi connectivity index (χ1v) is 10.8. The first kappa shape index (κ1) is 19.2. The van der Waals surface area contributed by atoms with Gasteiger partial charge in [0.15, 0.2) is 5.65 Å². The van der Waals surface area contributed by atoms with Gasteiger partial charge in [-0.25, -0.2) is 14.8 Å². The zero-order valence-electron chi connectivity index (χ0n) is 16.3. The van der Waals surface area contributed by atoms with E-state index in [1.807, 2.05) is 4.90 Å². The Morgan fingerprint density at radius 2 is 1.71 bits per heavy atom. The molecule has 9 heteroatoms. The fourth-order valence-corrected chi connectivity index (χ4v) is 5.03. The fourth-order valence-electron chi connectivity index (χ4n) is 4.10. The highest BCUT2D eigenvalue weighted by molar-refractivity contribution is 8.00. The van der Waals surface area contributed by atoms with Crippen molar-refractivity contribution in [3.05, 3.63) is 26.7 Å². The third-order valence-electron chi connectivity index (χ3n) is 5.80. The van der Waals surface area contributed by atoms with Gasteiger partial charge >= 0.3 is 5.69 Å². The van der Waals surface area contributed by atoms with Gasteiger partial charge in [0.2, 0.25) is 5.91 Å². The second-order valence-electron chi connectivity index (χ2n) is 7.65. The van der Waals surface area contributed by atoms with E-state index in [1.165, 1.54) is 23.4 Å². The van der Waals surface area contributed by atoms with Gasteiger partial charge in [-0.1, -0.05) is 24.6 Å². The molecule has 1 amide bonds. The molecule has 3 heterocycles. The van der Waals surface area contributed by atoms with E-state index in [0.29, 0.717) is 21.9 Å². The van der Waals surface area contributed by atoms with Crippen LogP contribution in [0.4, 0.5) is 0 Å². The zero-order valence-corrected chi connectivity index (χ0v) is 17.1. The van der Waals surface area contributed by atoms with Crippen molar-refractivity contribution < 1.29 is 4.79 Å². The minimum atomic E-state index is -0.410. The highest BCUT2D eigenvalue weighted by atomic mass is 32.2. The highest BCUT2D eigenvalue weighted by Gasteiger charge is 2.25. The molecule has 28 heavy (non-hydrogen) atoms. The maximum Gasteiger partial charge on any atom is 0.332 e. The molecule has 1 saturated carbocycles. The van der Waals surface area contributed by atoms with Gasteiger partial charge in [-0.05, 0) is 25.7 Å². The van der Waals surface area contributed by atoms with E-state index in [0.717, 1.165) is 56.2 Å². The first-order valence-electron chi connectivity index (χ1n) is 9.85. The van der Waals surface area contributed by atoms with Gasteiger partial charge in [-0.2, -0.15) is 0 Å². The second-order valence-corrected chi connectivity index (χ2v) is 8.61. The number of carbonyl (C=O) groups is 1. The van der Waals surface area contributed by atoms with Crippen LogP contribution < -0.4 is 11.2 Å². The fraction of sp³-hybridized carbons (Fsp3) is 0.632. The van der Waals surface area contributed by atoms with Gasteiger partial charge in [0.25, 0.3) is 5.56 Å². The molecule has 1 saturated heterocycles. The number of aromatic nitrogens is 4. The summed E-state index contributed by atoms with van der Waals surface area (Å²) in [7, 11) is 3.08. The van der Waals surface area contributed by atoms with Crippen molar-refractivity contribution in [2.24, 2.45) is 14.1 Å². The van der Waals surface area contributed by atoms with Crippen molar-refractivity contribution in [3.63, 3.8) is 0 Å². The van der Waals surface area contributed by atoms with Crippen LogP contribution in [0.2, 0.25) is 0 Å². The molecule has 0 atom stereocenters. The number of amides is 1. The van der Waals surface area contributed by atoms with Crippen molar-refractivity contribution in [2.75, 3.05) is 18.8 Å². The predicted molar refractivity (Wildman–Crippen MR) is 108 cm³/mol. The van der Waals surface area contributed by atoms with Crippen molar-refractivity contribution in [1.82, 2.24) is 24.0 Å². The van der Waals surface area contributed by atoms with Crippen molar-refractivity contribution in [2.45, 2.75) is 49.5 Å². The Balaban J connectivity index is 1.78. The number of thioether (sulfide) groups is 1. The Kier molecular flexibility index (Phi) is 5.27. The zero-order chi connectivity index (χ0) is 19.8.